The van der Waals surface area contributed by atoms with Gasteiger partial charge in [-0.05, 0) is 43.2 Å². The van der Waals surface area contributed by atoms with Gasteiger partial charge in [0.1, 0.15) is 5.60 Å². The standard InChI is InChI=1S/C15H20N4O4.C2H6/c1-15(2,3)23-14(20)18-11-6-12(18)9-17(8-11)10-4-5-13(16-7-10)19(21)22;1-2/h4-5,7,11-12H,6,8-9H2,1-3H3;1-2H3. The first-order valence-electron chi connectivity index (χ1n) is 8.61. The summed E-state index contributed by atoms with van der Waals surface area (Å²) in [5, 5.41) is 10.7. The van der Waals surface area contributed by atoms with Crippen molar-refractivity contribution >= 4 is 17.6 Å². The normalized spacial score (nSPS) is 21.6. The molecule has 0 spiro atoms. The van der Waals surface area contributed by atoms with E-state index in [2.05, 4.69) is 9.88 Å². The molecular weight excluding hydrogens is 324 g/mol. The Morgan fingerprint density at radius 1 is 1.28 bits per heavy atom. The lowest BCUT2D eigenvalue weighted by Gasteiger charge is -2.56. The summed E-state index contributed by atoms with van der Waals surface area (Å²) in [5.74, 6) is -0.161. The van der Waals surface area contributed by atoms with Gasteiger partial charge in [-0.2, -0.15) is 0 Å². The summed E-state index contributed by atoms with van der Waals surface area (Å²) in [6, 6.07) is 3.35. The number of amides is 1. The minimum Gasteiger partial charge on any atom is -0.444 e. The van der Waals surface area contributed by atoms with Crippen LogP contribution in [0.15, 0.2) is 18.3 Å². The predicted octanol–water partition coefficient (Wildman–Crippen LogP) is 3.21. The maximum absolute atomic E-state index is 12.2. The second-order valence-electron chi connectivity index (χ2n) is 6.97. The van der Waals surface area contributed by atoms with Gasteiger partial charge in [-0.25, -0.2) is 4.79 Å². The first kappa shape index (κ1) is 19.0. The summed E-state index contributed by atoms with van der Waals surface area (Å²) in [5.41, 5.74) is 0.345. The monoisotopic (exact) mass is 350 g/mol. The Balaban J connectivity index is 0.00000109. The van der Waals surface area contributed by atoms with E-state index in [-0.39, 0.29) is 24.0 Å². The van der Waals surface area contributed by atoms with Crippen molar-refractivity contribution in [2.24, 2.45) is 0 Å². The van der Waals surface area contributed by atoms with Gasteiger partial charge in [-0.1, -0.05) is 13.8 Å². The molecular formula is C17H26N4O4. The average Bonchev–Trinajstić information content (AvgIpc) is 2.55. The minimum atomic E-state index is -0.512. The van der Waals surface area contributed by atoms with E-state index in [0.717, 1.165) is 12.1 Å². The number of hydrogen-bond acceptors (Lipinski definition) is 6. The lowest BCUT2D eigenvalue weighted by Crippen LogP contribution is -2.70. The number of hydrogen-bond donors (Lipinski definition) is 0. The SMILES string of the molecule is CC.CC(C)(C)OC(=O)N1C2CC1CN(c1ccc([N+](=O)[O-])nc1)C2. The topological polar surface area (TPSA) is 88.8 Å². The first-order chi connectivity index (χ1) is 11.7. The fraction of sp³-hybridized carbons (Fsp3) is 0.647. The summed E-state index contributed by atoms with van der Waals surface area (Å²) >= 11 is 0. The number of aromatic nitrogens is 1. The number of ether oxygens (including phenoxy) is 1. The molecule has 8 heteroatoms. The largest absolute Gasteiger partial charge is 0.444 e. The lowest BCUT2D eigenvalue weighted by molar-refractivity contribution is -0.389. The number of nitrogens with zero attached hydrogens (tertiary/aromatic N) is 4. The summed E-state index contributed by atoms with van der Waals surface area (Å²) < 4.78 is 5.44. The highest BCUT2D eigenvalue weighted by Crippen LogP contribution is 2.35. The van der Waals surface area contributed by atoms with Crippen LogP contribution in [0.25, 0.3) is 0 Å². The summed E-state index contributed by atoms with van der Waals surface area (Å²) in [6.07, 6.45) is 2.22. The van der Waals surface area contributed by atoms with Crippen LogP contribution >= 0.6 is 0 Å². The Morgan fingerprint density at radius 3 is 2.32 bits per heavy atom. The van der Waals surface area contributed by atoms with Gasteiger partial charge in [-0.15, -0.1) is 0 Å². The molecule has 2 bridgehead atoms. The number of piperidine rings is 1. The van der Waals surface area contributed by atoms with Gasteiger partial charge in [0.15, 0.2) is 6.20 Å². The molecule has 3 aliphatic rings. The van der Waals surface area contributed by atoms with E-state index in [9.17, 15) is 14.9 Å². The Morgan fingerprint density at radius 2 is 1.88 bits per heavy atom. The predicted molar refractivity (Wildman–Crippen MR) is 94.7 cm³/mol. The third kappa shape index (κ3) is 4.18. The van der Waals surface area contributed by atoms with Crippen LogP contribution in [-0.4, -0.2) is 51.7 Å². The van der Waals surface area contributed by atoms with E-state index in [1.165, 1.54) is 12.3 Å². The Hall–Kier alpha value is -2.38. The fourth-order valence-corrected chi connectivity index (χ4v) is 3.11. The molecule has 8 nitrogen and oxygen atoms in total. The molecule has 1 amide bonds. The van der Waals surface area contributed by atoms with E-state index in [0.29, 0.717) is 13.1 Å². The molecule has 1 aromatic heterocycles. The molecule has 3 saturated heterocycles. The van der Waals surface area contributed by atoms with Crippen LogP contribution in [0.2, 0.25) is 0 Å². The highest BCUT2D eigenvalue weighted by Gasteiger charge is 2.48. The van der Waals surface area contributed by atoms with Crippen LogP contribution in [0.4, 0.5) is 16.3 Å². The van der Waals surface area contributed by atoms with Gasteiger partial charge in [0, 0.05) is 19.2 Å². The second-order valence-corrected chi connectivity index (χ2v) is 6.97. The molecule has 2 atom stereocenters. The molecule has 1 aromatic rings. The van der Waals surface area contributed by atoms with Gasteiger partial charge in [0.25, 0.3) is 0 Å². The Bertz CT molecular complexity index is 615. The van der Waals surface area contributed by atoms with Gasteiger partial charge in [-0.3, -0.25) is 4.90 Å². The molecule has 4 heterocycles. The smallest absolute Gasteiger partial charge is 0.410 e. The molecule has 0 N–H and O–H groups in total. The quantitative estimate of drug-likeness (QED) is 0.601. The number of nitro groups is 1. The molecule has 0 aliphatic carbocycles. The van der Waals surface area contributed by atoms with Crippen molar-refractivity contribution in [3.05, 3.63) is 28.4 Å². The number of anilines is 1. The number of carbonyl (C=O) groups excluding carboxylic acids is 1. The van der Waals surface area contributed by atoms with Crippen molar-refractivity contribution in [2.75, 3.05) is 18.0 Å². The molecule has 138 valence electrons. The zero-order valence-corrected chi connectivity index (χ0v) is 15.4. The third-order valence-corrected chi connectivity index (χ3v) is 4.08. The van der Waals surface area contributed by atoms with Crippen LogP contribution in [0.3, 0.4) is 0 Å². The number of piperazine rings is 1. The van der Waals surface area contributed by atoms with Crippen molar-refractivity contribution in [1.29, 1.82) is 0 Å². The van der Waals surface area contributed by atoms with Gasteiger partial charge >= 0.3 is 11.9 Å². The Labute approximate surface area is 147 Å². The van der Waals surface area contributed by atoms with Crippen molar-refractivity contribution in [1.82, 2.24) is 9.88 Å². The number of rotatable bonds is 2. The minimum absolute atomic E-state index is 0.124. The number of pyridine rings is 1. The number of fused-ring (bicyclic) bond motifs is 2. The molecule has 0 saturated carbocycles. The van der Waals surface area contributed by atoms with Gasteiger partial charge in [0.05, 0.1) is 17.8 Å². The highest BCUT2D eigenvalue weighted by molar-refractivity contribution is 5.71. The molecule has 0 radical (unpaired) electrons. The summed E-state index contributed by atoms with van der Waals surface area (Å²) in [7, 11) is 0. The van der Waals surface area contributed by atoms with Gasteiger partial charge < -0.3 is 19.8 Å². The zero-order valence-electron chi connectivity index (χ0n) is 15.4. The van der Waals surface area contributed by atoms with Crippen molar-refractivity contribution in [3.8, 4) is 0 Å². The van der Waals surface area contributed by atoms with Crippen LogP contribution in [0, 0.1) is 10.1 Å². The highest BCUT2D eigenvalue weighted by atomic mass is 16.6. The molecule has 25 heavy (non-hydrogen) atoms. The Kier molecular flexibility index (Phi) is 5.49. The molecule has 2 unspecified atom stereocenters. The fourth-order valence-electron chi connectivity index (χ4n) is 3.11. The second kappa shape index (κ2) is 7.25. The van der Waals surface area contributed by atoms with Crippen molar-refractivity contribution < 1.29 is 14.5 Å². The van der Waals surface area contributed by atoms with E-state index in [1.54, 1.807) is 11.0 Å². The lowest BCUT2D eigenvalue weighted by atomic mass is 9.88. The third-order valence-electron chi connectivity index (χ3n) is 4.08. The number of carbonyl (C=O) groups is 1. The van der Waals surface area contributed by atoms with Crippen LogP contribution in [0.1, 0.15) is 41.0 Å². The van der Waals surface area contributed by atoms with Crippen molar-refractivity contribution in [2.45, 2.75) is 58.7 Å². The summed E-state index contributed by atoms with van der Waals surface area (Å²) in [4.78, 5) is 30.1. The first-order valence-corrected chi connectivity index (χ1v) is 8.61. The van der Waals surface area contributed by atoms with E-state index in [1.807, 2.05) is 34.6 Å². The van der Waals surface area contributed by atoms with Crippen LogP contribution in [0.5, 0.6) is 0 Å². The molecule has 3 aliphatic heterocycles. The molecule has 3 fully saturated rings. The maximum atomic E-state index is 12.2. The van der Waals surface area contributed by atoms with Gasteiger partial charge in [0.2, 0.25) is 0 Å². The molecule has 0 aromatic carbocycles. The van der Waals surface area contributed by atoms with Crippen LogP contribution in [-0.2, 0) is 4.74 Å². The van der Waals surface area contributed by atoms with E-state index in [4.69, 9.17) is 4.74 Å². The van der Waals surface area contributed by atoms with E-state index < -0.39 is 10.5 Å². The summed E-state index contributed by atoms with van der Waals surface area (Å²) in [6.45, 7) is 10.9. The van der Waals surface area contributed by atoms with Crippen LogP contribution < -0.4 is 4.90 Å². The molecule has 4 rings (SSSR count). The zero-order chi connectivity index (χ0) is 18.8. The van der Waals surface area contributed by atoms with E-state index >= 15 is 0 Å². The average molecular weight is 350 g/mol. The van der Waals surface area contributed by atoms with Crippen molar-refractivity contribution in [3.63, 3.8) is 0 Å². The maximum Gasteiger partial charge on any atom is 0.410 e.